The van der Waals surface area contributed by atoms with E-state index in [1.807, 2.05) is 51.2 Å². The van der Waals surface area contributed by atoms with E-state index in [1.165, 1.54) is 22.1 Å². The molecule has 2 aliphatic rings. The van der Waals surface area contributed by atoms with Gasteiger partial charge >= 0.3 is 0 Å². The van der Waals surface area contributed by atoms with Gasteiger partial charge in [0.25, 0.3) is 0 Å². The lowest BCUT2D eigenvalue weighted by molar-refractivity contribution is -0.132. The zero-order valence-electron chi connectivity index (χ0n) is 28.7. The number of thiazole rings is 1. The molecule has 1 aliphatic carbocycles. The standard InChI is InChI=1S/C35H55N5O6S2/c1-25(2)20-31(41)33(42)29(22-27-12-8-5-9-13-27)37-35(44)30(23-32-36-14-19-47-32)38-34(43)28(21-26-10-6-4-7-11-26)24-48(45,46)40-17-15-39(3)16-18-40/h4,6-7,10-11,14,19,25,27-31,33,41-42H,5,8-9,12-13,15-18,20-24H2,1-3H3,(H,37,44)(H,38,43)/t28-,29+,30?,31+,33-/m1/s1. The summed E-state index contributed by atoms with van der Waals surface area (Å²) in [4.78, 5) is 34.6. The molecule has 0 spiro atoms. The van der Waals surface area contributed by atoms with E-state index >= 15 is 0 Å². The van der Waals surface area contributed by atoms with Crippen molar-refractivity contribution in [2.24, 2.45) is 17.8 Å². The second kappa shape index (κ2) is 18.5. The van der Waals surface area contributed by atoms with Crippen molar-refractivity contribution in [3.63, 3.8) is 0 Å². The average molecular weight is 706 g/mol. The van der Waals surface area contributed by atoms with E-state index in [9.17, 15) is 28.2 Å². The highest BCUT2D eigenvalue weighted by atomic mass is 32.2. The Bertz CT molecular complexity index is 1360. The summed E-state index contributed by atoms with van der Waals surface area (Å²) in [6.45, 7) is 5.90. The van der Waals surface area contributed by atoms with Crippen LogP contribution >= 0.6 is 11.3 Å². The minimum absolute atomic E-state index is 0.110. The number of aliphatic hydroxyl groups is 2. The Morgan fingerprint density at radius 2 is 1.67 bits per heavy atom. The molecule has 2 fully saturated rings. The van der Waals surface area contributed by atoms with Crippen molar-refractivity contribution in [1.29, 1.82) is 0 Å². The van der Waals surface area contributed by atoms with E-state index in [0.29, 0.717) is 49.9 Å². The van der Waals surface area contributed by atoms with Crippen molar-refractivity contribution < 1.29 is 28.2 Å². The maximum Gasteiger partial charge on any atom is 0.243 e. The first kappa shape index (κ1) is 38.4. The van der Waals surface area contributed by atoms with Gasteiger partial charge in [0.2, 0.25) is 21.8 Å². The van der Waals surface area contributed by atoms with Gasteiger partial charge in [-0.2, -0.15) is 4.31 Å². The van der Waals surface area contributed by atoms with Gasteiger partial charge in [0, 0.05) is 44.2 Å². The van der Waals surface area contributed by atoms with E-state index in [-0.39, 0.29) is 24.5 Å². The fourth-order valence-electron chi connectivity index (χ4n) is 6.82. The van der Waals surface area contributed by atoms with E-state index < -0.39 is 52.0 Å². The van der Waals surface area contributed by atoms with E-state index in [4.69, 9.17) is 0 Å². The summed E-state index contributed by atoms with van der Waals surface area (Å²) in [5.74, 6) is -1.88. The van der Waals surface area contributed by atoms with Gasteiger partial charge in [-0.3, -0.25) is 9.59 Å². The van der Waals surface area contributed by atoms with Gasteiger partial charge in [-0.1, -0.05) is 76.3 Å². The zero-order valence-corrected chi connectivity index (χ0v) is 30.3. The number of nitrogens with one attached hydrogen (secondary N) is 2. The summed E-state index contributed by atoms with van der Waals surface area (Å²) in [5.41, 5.74) is 0.821. The predicted molar refractivity (Wildman–Crippen MR) is 189 cm³/mol. The molecule has 2 aromatic rings. The van der Waals surface area contributed by atoms with E-state index in [1.54, 1.807) is 11.6 Å². The maximum absolute atomic E-state index is 14.1. The molecular formula is C35H55N5O6S2. The number of nitrogens with zero attached hydrogens (tertiary/aromatic N) is 3. The largest absolute Gasteiger partial charge is 0.390 e. The van der Waals surface area contributed by atoms with Gasteiger partial charge in [-0.15, -0.1) is 11.3 Å². The third kappa shape index (κ3) is 11.9. The number of carbonyl (C=O) groups is 2. The number of carbonyl (C=O) groups excluding carboxylic acids is 2. The van der Waals surface area contributed by atoms with Crippen LogP contribution in [0.4, 0.5) is 0 Å². The van der Waals surface area contributed by atoms with E-state index in [2.05, 4.69) is 20.5 Å². The van der Waals surface area contributed by atoms with Crippen molar-refractivity contribution in [2.75, 3.05) is 39.0 Å². The third-order valence-electron chi connectivity index (χ3n) is 9.62. The third-order valence-corrected chi connectivity index (χ3v) is 12.4. The maximum atomic E-state index is 14.1. The Morgan fingerprint density at radius 1 is 0.979 bits per heavy atom. The van der Waals surface area contributed by atoms with Crippen LogP contribution in [0.5, 0.6) is 0 Å². The summed E-state index contributed by atoms with van der Waals surface area (Å²) < 4.78 is 28.7. The molecule has 11 nitrogen and oxygen atoms in total. The lowest BCUT2D eigenvalue weighted by Crippen LogP contribution is -2.57. The Labute approximate surface area is 290 Å². The molecule has 1 aromatic heterocycles. The number of likely N-dealkylation sites (N-methyl/N-ethyl adjacent to an activating group) is 1. The number of hydrogen-bond acceptors (Lipinski definition) is 9. The SMILES string of the molecule is CC(C)C[C@H](O)[C@H](O)[C@H](CC1CCCCC1)NC(=O)C(Cc1nccs1)NC(=O)[C@H](Cc1ccccc1)CS(=O)(=O)N1CCN(C)CC1. The predicted octanol–water partition coefficient (Wildman–Crippen LogP) is 2.83. The molecule has 5 atom stereocenters. The molecule has 48 heavy (non-hydrogen) atoms. The number of hydrogen-bond donors (Lipinski definition) is 4. The van der Waals surface area contributed by atoms with Crippen LogP contribution in [0.25, 0.3) is 0 Å². The molecule has 2 heterocycles. The topological polar surface area (TPSA) is 152 Å². The Kier molecular flexibility index (Phi) is 14.8. The summed E-state index contributed by atoms with van der Waals surface area (Å²) in [7, 11) is -1.82. The Morgan fingerprint density at radius 3 is 2.29 bits per heavy atom. The fourth-order valence-corrected chi connectivity index (χ4v) is 9.19. The number of benzene rings is 1. The molecule has 0 bridgehead atoms. The van der Waals surface area contributed by atoms with Crippen LogP contribution in [-0.2, 0) is 32.5 Å². The number of sulfonamides is 1. The smallest absolute Gasteiger partial charge is 0.243 e. The molecule has 1 aromatic carbocycles. The van der Waals surface area contributed by atoms with Gasteiger partial charge < -0.3 is 25.7 Å². The first-order valence-corrected chi connectivity index (χ1v) is 20.0. The molecule has 1 unspecified atom stereocenters. The number of piperazine rings is 1. The van der Waals surface area contributed by atoms with Gasteiger partial charge in [-0.25, -0.2) is 13.4 Å². The molecule has 268 valence electrons. The van der Waals surface area contributed by atoms with Gasteiger partial charge in [-0.05, 0) is 43.7 Å². The van der Waals surface area contributed by atoms with Crippen molar-refractivity contribution in [1.82, 2.24) is 24.8 Å². The second-order valence-electron chi connectivity index (χ2n) is 14.1. The molecule has 13 heteroatoms. The van der Waals surface area contributed by atoms with Gasteiger partial charge in [0.05, 0.1) is 28.8 Å². The molecule has 4 rings (SSSR count). The second-order valence-corrected chi connectivity index (χ2v) is 17.1. The average Bonchev–Trinajstić information content (AvgIpc) is 3.57. The lowest BCUT2D eigenvalue weighted by Gasteiger charge is -2.34. The normalized spacial score (nSPS) is 20.1. The highest BCUT2D eigenvalue weighted by molar-refractivity contribution is 7.89. The van der Waals surface area contributed by atoms with Crippen LogP contribution in [0.15, 0.2) is 41.9 Å². The van der Waals surface area contributed by atoms with E-state index in [0.717, 1.165) is 31.2 Å². The Balaban J connectivity index is 1.56. The fraction of sp³-hybridized carbons (Fsp3) is 0.686. The van der Waals surface area contributed by atoms with Gasteiger partial charge in [0.1, 0.15) is 12.1 Å². The number of rotatable bonds is 17. The van der Waals surface area contributed by atoms with Crippen LogP contribution in [0.2, 0.25) is 0 Å². The Hall–Kier alpha value is -2.42. The minimum Gasteiger partial charge on any atom is -0.390 e. The van der Waals surface area contributed by atoms with Crippen LogP contribution < -0.4 is 10.6 Å². The molecule has 1 aliphatic heterocycles. The van der Waals surface area contributed by atoms with Crippen LogP contribution in [0.3, 0.4) is 0 Å². The summed E-state index contributed by atoms with van der Waals surface area (Å²) in [5, 5.41) is 30.6. The van der Waals surface area contributed by atoms with Crippen LogP contribution in [-0.4, -0.2) is 108 Å². The summed E-state index contributed by atoms with van der Waals surface area (Å²) >= 11 is 1.36. The summed E-state index contributed by atoms with van der Waals surface area (Å²) in [6, 6.07) is 7.53. The number of aliphatic hydroxyl groups excluding tert-OH is 2. The molecular weight excluding hydrogens is 651 g/mol. The minimum atomic E-state index is -3.77. The quantitative estimate of drug-likeness (QED) is 0.196. The lowest BCUT2D eigenvalue weighted by atomic mass is 9.82. The highest BCUT2D eigenvalue weighted by Gasteiger charge is 2.36. The monoisotopic (exact) mass is 705 g/mol. The van der Waals surface area contributed by atoms with Crippen molar-refractivity contribution >= 4 is 33.2 Å². The molecule has 4 N–H and O–H groups in total. The van der Waals surface area contributed by atoms with Crippen molar-refractivity contribution in [2.45, 2.75) is 95.9 Å². The number of amides is 2. The number of aromatic nitrogens is 1. The zero-order chi connectivity index (χ0) is 34.7. The van der Waals surface area contributed by atoms with Crippen molar-refractivity contribution in [3.8, 4) is 0 Å². The molecule has 2 amide bonds. The van der Waals surface area contributed by atoms with Gasteiger partial charge in [0.15, 0.2) is 0 Å². The van der Waals surface area contributed by atoms with Crippen molar-refractivity contribution in [3.05, 3.63) is 52.5 Å². The first-order valence-electron chi connectivity index (χ1n) is 17.5. The van der Waals surface area contributed by atoms with Crippen LogP contribution in [0, 0.1) is 17.8 Å². The van der Waals surface area contributed by atoms with Crippen LogP contribution in [0.1, 0.15) is 69.4 Å². The summed E-state index contributed by atoms with van der Waals surface area (Å²) in [6.07, 6.45) is 6.03. The molecule has 1 saturated carbocycles. The first-order chi connectivity index (χ1) is 22.9. The highest BCUT2D eigenvalue weighted by Crippen LogP contribution is 2.29. The molecule has 0 radical (unpaired) electrons. The molecule has 1 saturated heterocycles.